The van der Waals surface area contributed by atoms with Gasteiger partial charge in [-0.25, -0.2) is 0 Å². The summed E-state index contributed by atoms with van der Waals surface area (Å²) in [5, 5.41) is 18.8. The van der Waals surface area contributed by atoms with Crippen molar-refractivity contribution in [2.75, 3.05) is 0 Å². The maximum absolute atomic E-state index is 9.61. The van der Waals surface area contributed by atoms with Crippen LogP contribution in [-0.2, 0) is 6.61 Å². The Labute approximate surface area is 121 Å². The molecule has 0 aliphatic heterocycles. The Bertz CT molecular complexity index is 470. The topological polar surface area (TPSA) is 40.5 Å². The number of hydrogen-bond acceptors (Lipinski definition) is 2. The van der Waals surface area contributed by atoms with Crippen molar-refractivity contribution in [1.82, 2.24) is 0 Å². The van der Waals surface area contributed by atoms with E-state index in [0.29, 0.717) is 5.56 Å². The van der Waals surface area contributed by atoms with Gasteiger partial charge in [0.25, 0.3) is 0 Å². The molecule has 0 aliphatic rings. The van der Waals surface area contributed by atoms with Crippen LogP contribution in [0.1, 0.15) is 43.7 Å². The summed E-state index contributed by atoms with van der Waals surface area (Å²) < 4.78 is 0. The second kappa shape index (κ2) is 10.0. The van der Waals surface area contributed by atoms with E-state index in [9.17, 15) is 10.2 Å². The van der Waals surface area contributed by atoms with E-state index in [2.05, 4.69) is 19.1 Å². The molecule has 108 valence electrons. The van der Waals surface area contributed by atoms with E-state index < -0.39 is 0 Å². The Morgan fingerprint density at radius 2 is 1.85 bits per heavy atom. The summed E-state index contributed by atoms with van der Waals surface area (Å²) in [6.45, 7) is 2.05. The fraction of sp³-hybridized carbons (Fsp3) is 0.333. The van der Waals surface area contributed by atoms with Gasteiger partial charge in [0.15, 0.2) is 0 Å². The smallest absolute Gasteiger partial charge is 0.121 e. The molecule has 0 saturated heterocycles. The van der Waals surface area contributed by atoms with Gasteiger partial charge in [0.05, 0.1) is 6.61 Å². The standard InChI is InChI=1S/C18H24O2/c1-2-3-4-5-6-7-8-9-10-12-16-13-11-14-18(20)17(16)15-19/h6-14,19-20H,2-5,15H2,1H3/b7-6+,9-8+,12-10+. The van der Waals surface area contributed by atoms with Crippen LogP contribution in [0.15, 0.2) is 48.6 Å². The lowest BCUT2D eigenvalue weighted by Gasteiger charge is -2.04. The third-order valence-corrected chi connectivity index (χ3v) is 3.07. The van der Waals surface area contributed by atoms with Crippen LogP contribution in [0.2, 0.25) is 0 Å². The Hall–Kier alpha value is -1.80. The number of phenols is 1. The second-order valence-electron chi connectivity index (χ2n) is 4.67. The number of aromatic hydroxyl groups is 1. The molecular weight excluding hydrogens is 248 g/mol. The molecule has 0 amide bonds. The van der Waals surface area contributed by atoms with Crippen molar-refractivity contribution in [3.05, 3.63) is 59.7 Å². The summed E-state index contributed by atoms with van der Waals surface area (Å²) in [5.41, 5.74) is 1.40. The third kappa shape index (κ3) is 5.89. The molecule has 0 aliphatic carbocycles. The molecule has 0 radical (unpaired) electrons. The number of allylic oxidation sites excluding steroid dienone is 5. The molecule has 1 aromatic carbocycles. The normalized spacial score (nSPS) is 12.1. The Morgan fingerprint density at radius 3 is 2.60 bits per heavy atom. The van der Waals surface area contributed by atoms with E-state index in [1.807, 2.05) is 30.4 Å². The van der Waals surface area contributed by atoms with Gasteiger partial charge in [-0.3, -0.25) is 0 Å². The molecule has 0 fully saturated rings. The largest absolute Gasteiger partial charge is 0.508 e. The average molecular weight is 272 g/mol. The Balaban J connectivity index is 2.47. The highest BCUT2D eigenvalue weighted by Crippen LogP contribution is 2.21. The van der Waals surface area contributed by atoms with Gasteiger partial charge in [-0.2, -0.15) is 0 Å². The van der Waals surface area contributed by atoms with E-state index in [1.165, 1.54) is 19.3 Å². The molecular formula is C18H24O2. The maximum Gasteiger partial charge on any atom is 0.121 e. The molecule has 2 nitrogen and oxygen atoms in total. The highest BCUT2D eigenvalue weighted by Gasteiger charge is 2.02. The van der Waals surface area contributed by atoms with Gasteiger partial charge < -0.3 is 10.2 Å². The predicted molar refractivity (Wildman–Crippen MR) is 85.5 cm³/mol. The van der Waals surface area contributed by atoms with Crippen LogP contribution in [0.4, 0.5) is 0 Å². The lowest BCUT2D eigenvalue weighted by atomic mass is 10.1. The lowest BCUT2D eigenvalue weighted by Crippen LogP contribution is -1.88. The van der Waals surface area contributed by atoms with E-state index in [-0.39, 0.29) is 12.4 Å². The average Bonchev–Trinajstić information content (AvgIpc) is 2.45. The van der Waals surface area contributed by atoms with Crippen LogP contribution in [-0.4, -0.2) is 10.2 Å². The van der Waals surface area contributed by atoms with Crippen molar-refractivity contribution >= 4 is 6.08 Å². The molecule has 20 heavy (non-hydrogen) atoms. The Kier molecular flexibility index (Phi) is 8.16. The van der Waals surface area contributed by atoms with E-state index in [4.69, 9.17) is 0 Å². The van der Waals surface area contributed by atoms with Crippen molar-refractivity contribution in [2.24, 2.45) is 0 Å². The summed E-state index contributed by atoms with van der Waals surface area (Å²) in [4.78, 5) is 0. The van der Waals surface area contributed by atoms with Crippen LogP contribution < -0.4 is 0 Å². The molecule has 1 rings (SSSR count). The van der Waals surface area contributed by atoms with Crippen LogP contribution in [0.5, 0.6) is 5.75 Å². The molecule has 0 unspecified atom stereocenters. The monoisotopic (exact) mass is 272 g/mol. The van der Waals surface area contributed by atoms with Crippen LogP contribution >= 0.6 is 0 Å². The molecule has 0 aromatic heterocycles. The summed E-state index contributed by atoms with van der Waals surface area (Å²) in [5.74, 6) is 0.134. The first-order valence-electron chi connectivity index (χ1n) is 7.21. The van der Waals surface area contributed by atoms with Gasteiger partial charge in [-0.1, -0.05) is 68.4 Å². The number of aliphatic hydroxyl groups excluding tert-OH is 1. The van der Waals surface area contributed by atoms with Crippen LogP contribution in [0.3, 0.4) is 0 Å². The van der Waals surface area contributed by atoms with Crippen molar-refractivity contribution < 1.29 is 10.2 Å². The van der Waals surface area contributed by atoms with E-state index in [1.54, 1.807) is 12.1 Å². The van der Waals surface area contributed by atoms with E-state index in [0.717, 1.165) is 12.0 Å². The highest BCUT2D eigenvalue weighted by molar-refractivity contribution is 5.58. The molecule has 0 saturated carbocycles. The number of benzene rings is 1. The van der Waals surface area contributed by atoms with Gasteiger partial charge in [-0.15, -0.1) is 0 Å². The molecule has 0 spiro atoms. The minimum Gasteiger partial charge on any atom is -0.508 e. The zero-order valence-corrected chi connectivity index (χ0v) is 12.1. The summed E-state index contributed by atoms with van der Waals surface area (Å²) in [6.07, 6.45) is 16.9. The number of aliphatic hydroxyl groups is 1. The first kappa shape index (κ1) is 16.3. The first-order chi connectivity index (χ1) is 9.79. The maximum atomic E-state index is 9.61. The van der Waals surface area contributed by atoms with Gasteiger partial charge in [0, 0.05) is 5.56 Å². The van der Waals surface area contributed by atoms with Gasteiger partial charge >= 0.3 is 0 Å². The van der Waals surface area contributed by atoms with Crippen molar-refractivity contribution in [3.8, 4) is 5.75 Å². The molecule has 0 heterocycles. The van der Waals surface area contributed by atoms with Crippen LogP contribution in [0, 0.1) is 0 Å². The zero-order valence-electron chi connectivity index (χ0n) is 12.1. The zero-order chi connectivity index (χ0) is 14.6. The first-order valence-corrected chi connectivity index (χ1v) is 7.21. The van der Waals surface area contributed by atoms with Crippen molar-refractivity contribution in [3.63, 3.8) is 0 Å². The highest BCUT2D eigenvalue weighted by atomic mass is 16.3. The predicted octanol–water partition coefficient (Wildman–Crippen LogP) is 4.59. The van der Waals surface area contributed by atoms with Gasteiger partial charge in [0.1, 0.15) is 5.75 Å². The summed E-state index contributed by atoms with van der Waals surface area (Å²) >= 11 is 0. The molecule has 0 atom stereocenters. The quantitative estimate of drug-likeness (QED) is 0.536. The van der Waals surface area contributed by atoms with E-state index >= 15 is 0 Å². The van der Waals surface area contributed by atoms with Gasteiger partial charge in [-0.05, 0) is 24.5 Å². The summed E-state index contributed by atoms with van der Waals surface area (Å²) in [7, 11) is 0. The number of unbranched alkanes of at least 4 members (excludes halogenated alkanes) is 3. The molecule has 0 bridgehead atoms. The van der Waals surface area contributed by atoms with Crippen LogP contribution in [0.25, 0.3) is 6.08 Å². The minimum absolute atomic E-state index is 0.134. The number of hydrogen-bond donors (Lipinski definition) is 2. The second-order valence-corrected chi connectivity index (χ2v) is 4.67. The lowest BCUT2D eigenvalue weighted by molar-refractivity contribution is 0.275. The number of rotatable bonds is 8. The third-order valence-electron chi connectivity index (χ3n) is 3.07. The minimum atomic E-state index is -0.159. The fourth-order valence-corrected chi connectivity index (χ4v) is 1.89. The van der Waals surface area contributed by atoms with Crippen molar-refractivity contribution in [2.45, 2.75) is 39.2 Å². The Morgan fingerprint density at radius 1 is 1.05 bits per heavy atom. The van der Waals surface area contributed by atoms with Gasteiger partial charge in [0.2, 0.25) is 0 Å². The summed E-state index contributed by atoms with van der Waals surface area (Å²) in [6, 6.07) is 5.22. The fourth-order valence-electron chi connectivity index (χ4n) is 1.89. The molecule has 2 N–H and O–H groups in total. The van der Waals surface area contributed by atoms with Crippen molar-refractivity contribution in [1.29, 1.82) is 0 Å². The molecule has 2 heteroatoms. The SMILES string of the molecule is CCCCC/C=C/C=C/C=C/c1cccc(O)c1CO. The molecule has 1 aromatic rings.